The highest BCUT2D eigenvalue weighted by atomic mass is 14.7. The number of rotatable bonds is 3. The summed E-state index contributed by atoms with van der Waals surface area (Å²) in [6.45, 7) is 4.14. The minimum absolute atomic E-state index is 0.732. The number of allylic oxidation sites excluding steroid dienone is 2. The third-order valence-corrected chi connectivity index (χ3v) is 2.24. The van der Waals surface area contributed by atoms with Crippen LogP contribution in [0.4, 0.5) is 0 Å². The van der Waals surface area contributed by atoms with E-state index in [0.717, 1.165) is 24.1 Å². The maximum Gasteiger partial charge on any atom is 0.101 e. The van der Waals surface area contributed by atoms with Crippen LogP contribution >= 0.6 is 0 Å². The van der Waals surface area contributed by atoms with Gasteiger partial charge in [-0.05, 0) is 25.0 Å². The van der Waals surface area contributed by atoms with E-state index >= 15 is 0 Å². The van der Waals surface area contributed by atoms with Crippen molar-refractivity contribution in [3.8, 4) is 6.07 Å². The molecule has 0 fully saturated rings. The average Bonchev–Trinajstić information content (AvgIpc) is 2.27. The molecule has 0 N–H and O–H groups in total. The highest BCUT2D eigenvalue weighted by molar-refractivity contribution is 5.77. The number of aromatic nitrogens is 1. The largest absolute Gasteiger partial charge is 0.256 e. The standard InChI is InChI=1S/C12H14N2/c1-3-10(4-2)11(9-13)12-7-5-6-8-14-12/h5-8H,3-4H2,1-2H3. The molecule has 0 amide bonds. The minimum atomic E-state index is 0.732. The summed E-state index contributed by atoms with van der Waals surface area (Å²) < 4.78 is 0. The molecule has 0 aliphatic carbocycles. The molecule has 1 rings (SSSR count). The van der Waals surface area contributed by atoms with Crippen LogP contribution in [0.1, 0.15) is 32.4 Å². The Hall–Kier alpha value is -1.62. The molecule has 0 aromatic carbocycles. The van der Waals surface area contributed by atoms with Crippen molar-refractivity contribution in [1.29, 1.82) is 5.26 Å². The molecule has 0 atom stereocenters. The molecule has 0 bridgehead atoms. The molecule has 0 spiro atoms. The second-order valence-electron chi connectivity index (χ2n) is 3.01. The molecule has 2 heteroatoms. The van der Waals surface area contributed by atoms with Crippen LogP contribution in [0.2, 0.25) is 0 Å². The third-order valence-electron chi connectivity index (χ3n) is 2.24. The van der Waals surface area contributed by atoms with Crippen LogP contribution in [0.3, 0.4) is 0 Å². The number of nitriles is 1. The minimum Gasteiger partial charge on any atom is -0.256 e. The zero-order valence-corrected chi connectivity index (χ0v) is 8.62. The first kappa shape index (κ1) is 10.5. The predicted molar refractivity (Wildman–Crippen MR) is 57.4 cm³/mol. The van der Waals surface area contributed by atoms with Crippen LogP contribution in [0.25, 0.3) is 5.57 Å². The molecule has 1 aromatic heterocycles. The van der Waals surface area contributed by atoms with Gasteiger partial charge in [-0.3, -0.25) is 4.98 Å². The Morgan fingerprint density at radius 1 is 1.36 bits per heavy atom. The van der Waals surface area contributed by atoms with E-state index in [0.29, 0.717) is 0 Å². The van der Waals surface area contributed by atoms with E-state index in [9.17, 15) is 0 Å². The Balaban J connectivity index is 3.17. The van der Waals surface area contributed by atoms with Gasteiger partial charge in [-0.1, -0.05) is 25.5 Å². The van der Waals surface area contributed by atoms with Gasteiger partial charge in [0.25, 0.3) is 0 Å². The first-order valence-corrected chi connectivity index (χ1v) is 4.87. The van der Waals surface area contributed by atoms with E-state index in [1.165, 1.54) is 5.57 Å². The van der Waals surface area contributed by atoms with Crippen LogP contribution in [0.15, 0.2) is 30.0 Å². The number of pyridine rings is 1. The summed E-state index contributed by atoms with van der Waals surface area (Å²) in [6, 6.07) is 7.88. The van der Waals surface area contributed by atoms with Crippen LogP contribution in [0, 0.1) is 11.3 Å². The maximum absolute atomic E-state index is 9.06. The van der Waals surface area contributed by atoms with Crippen molar-refractivity contribution in [2.75, 3.05) is 0 Å². The zero-order valence-electron chi connectivity index (χ0n) is 8.62. The third kappa shape index (κ3) is 2.20. The zero-order chi connectivity index (χ0) is 10.4. The quantitative estimate of drug-likeness (QED) is 0.680. The molecule has 14 heavy (non-hydrogen) atoms. The van der Waals surface area contributed by atoms with E-state index in [2.05, 4.69) is 24.9 Å². The monoisotopic (exact) mass is 186 g/mol. The van der Waals surface area contributed by atoms with E-state index in [4.69, 9.17) is 5.26 Å². The van der Waals surface area contributed by atoms with Crippen LogP contribution < -0.4 is 0 Å². The lowest BCUT2D eigenvalue weighted by Crippen LogP contribution is -1.91. The van der Waals surface area contributed by atoms with Crippen molar-refractivity contribution in [3.05, 3.63) is 35.7 Å². The molecule has 0 saturated carbocycles. The summed E-state index contributed by atoms with van der Waals surface area (Å²) in [5.41, 5.74) is 2.69. The molecule has 1 heterocycles. The predicted octanol–water partition coefficient (Wildman–Crippen LogP) is 3.18. The van der Waals surface area contributed by atoms with Crippen LogP contribution in [0.5, 0.6) is 0 Å². The SMILES string of the molecule is CCC(CC)=C(C#N)c1ccccn1. The molecule has 0 aliphatic rings. The topological polar surface area (TPSA) is 36.7 Å². The van der Waals surface area contributed by atoms with Gasteiger partial charge >= 0.3 is 0 Å². The Morgan fingerprint density at radius 3 is 2.50 bits per heavy atom. The number of nitrogens with zero attached hydrogens (tertiary/aromatic N) is 2. The van der Waals surface area contributed by atoms with Gasteiger partial charge in [-0.2, -0.15) is 5.26 Å². The van der Waals surface area contributed by atoms with Crippen molar-refractivity contribution < 1.29 is 0 Å². The van der Waals surface area contributed by atoms with Crippen LogP contribution in [-0.2, 0) is 0 Å². The second kappa shape index (κ2) is 5.18. The van der Waals surface area contributed by atoms with Gasteiger partial charge in [0.05, 0.1) is 11.3 Å². The molecule has 0 radical (unpaired) electrons. The van der Waals surface area contributed by atoms with Gasteiger partial charge in [-0.25, -0.2) is 0 Å². The molecule has 2 nitrogen and oxygen atoms in total. The van der Waals surface area contributed by atoms with E-state index in [-0.39, 0.29) is 0 Å². The van der Waals surface area contributed by atoms with Gasteiger partial charge < -0.3 is 0 Å². The Labute approximate surface area is 84.9 Å². The highest BCUT2D eigenvalue weighted by Crippen LogP contribution is 2.20. The molecule has 1 aromatic rings. The summed E-state index contributed by atoms with van der Waals surface area (Å²) in [5.74, 6) is 0. The van der Waals surface area contributed by atoms with E-state index in [1.807, 2.05) is 18.2 Å². The summed E-state index contributed by atoms with van der Waals surface area (Å²) in [6.07, 6.45) is 3.54. The summed E-state index contributed by atoms with van der Waals surface area (Å²) in [7, 11) is 0. The molecular weight excluding hydrogens is 172 g/mol. The van der Waals surface area contributed by atoms with Crippen LogP contribution in [-0.4, -0.2) is 4.98 Å². The fraction of sp³-hybridized carbons (Fsp3) is 0.333. The summed E-state index contributed by atoms with van der Waals surface area (Å²) >= 11 is 0. The van der Waals surface area contributed by atoms with Crippen molar-refractivity contribution in [3.63, 3.8) is 0 Å². The van der Waals surface area contributed by atoms with Crippen molar-refractivity contribution in [2.45, 2.75) is 26.7 Å². The molecular formula is C12H14N2. The second-order valence-corrected chi connectivity index (χ2v) is 3.01. The first-order valence-electron chi connectivity index (χ1n) is 4.87. The van der Waals surface area contributed by atoms with Crippen molar-refractivity contribution in [1.82, 2.24) is 4.98 Å². The first-order chi connectivity index (χ1) is 6.83. The van der Waals surface area contributed by atoms with E-state index < -0.39 is 0 Å². The molecule has 72 valence electrons. The van der Waals surface area contributed by atoms with E-state index in [1.54, 1.807) is 6.20 Å². The van der Waals surface area contributed by atoms with Gasteiger partial charge in [0.2, 0.25) is 0 Å². The Bertz CT molecular complexity index is 352. The van der Waals surface area contributed by atoms with Gasteiger partial charge in [0.15, 0.2) is 0 Å². The molecule has 0 saturated heterocycles. The van der Waals surface area contributed by atoms with Gasteiger partial charge in [-0.15, -0.1) is 0 Å². The summed E-state index contributed by atoms with van der Waals surface area (Å²) in [4.78, 5) is 4.19. The fourth-order valence-electron chi connectivity index (χ4n) is 1.43. The Morgan fingerprint density at radius 2 is 2.07 bits per heavy atom. The van der Waals surface area contributed by atoms with Gasteiger partial charge in [0, 0.05) is 6.20 Å². The lowest BCUT2D eigenvalue weighted by molar-refractivity contribution is 0.981. The van der Waals surface area contributed by atoms with Gasteiger partial charge in [0.1, 0.15) is 6.07 Å². The fourth-order valence-corrected chi connectivity index (χ4v) is 1.43. The lowest BCUT2D eigenvalue weighted by Gasteiger charge is -2.04. The molecule has 0 unspecified atom stereocenters. The molecule has 0 aliphatic heterocycles. The number of hydrogen-bond acceptors (Lipinski definition) is 2. The maximum atomic E-state index is 9.06. The lowest BCUT2D eigenvalue weighted by atomic mass is 10.0. The normalized spacial score (nSPS) is 9.21. The van der Waals surface area contributed by atoms with Crippen molar-refractivity contribution in [2.24, 2.45) is 0 Å². The average molecular weight is 186 g/mol. The highest BCUT2D eigenvalue weighted by Gasteiger charge is 2.06. The van der Waals surface area contributed by atoms with Crippen molar-refractivity contribution >= 4 is 5.57 Å². The number of hydrogen-bond donors (Lipinski definition) is 0. The smallest absolute Gasteiger partial charge is 0.101 e. The Kier molecular flexibility index (Phi) is 3.87. The summed E-state index contributed by atoms with van der Waals surface area (Å²) in [5, 5.41) is 9.06.